The Hall–Kier alpha value is -6.91. The molecule has 0 amide bonds. The Morgan fingerprint density at radius 2 is 0.981 bits per heavy atom. The van der Waals surface area contributed by atoms with Crippen molar-refractivity contribution >= 4 is 28.0 Å². The molecular formula is C49H33N3O. The molecule has 10 rings (SSSR count). The molecule has 2 heterocycles. The monoisotopic (exact) mass is 679 g/mol. The van der Waals surface area contributed by atoms with E-state index >= 15 is 0 Å². The largest absolute Gasteiger partial charge is 0.456 e. The fourth-order valence-corrected chi connectivity index (χ4v) is 7.45. The first-order valence-electron chi connectivity index (χ1n) is 18.1. The summed E-state index contributed by atoms with van der Waals surface area (Å²) in [6.07, 6.45) is 6.48. The molecule has 0 saturated carbocycles. The highest BCUT2D eigenvalue weighted by atomic mass is 16.3. The molecule has 4 nitrogen and oxygen atoms in total. The SMILES string of the molecule is C1=Cc2ccc(-c3nc(-c4ccc(-c5ccc(-c6ccccc6)cc5)cc4)nc(-c4cccc5oc6cc(-c7ccccc7)ccc6c45)n3)cc2CC1. The average molecular weight is 680 g/mol. The number of hydrogen-bond acceptors (Lipinski definition) is 4. The van der Waals surface area contributed by atoms with Gasteiger partial charge in [-0.3, -0.25) is 0 Å². The van der Waals surface area contributed by atoms with E-state index in [-0.39, 0.29) is 0 Å². The zero-order valence-electron chi connectivity index (χ0n) is 28.9. The van der Waals surface area contributed by atoms with Gasteiger partial charge in [0.25, 0.3) is 0 Å². The Labute approximate surface area is 307 Å². The maximum absolute atomic E-state index is 6.48. The molecular weight excluding hydrogens is 647 g/mol. The summed E-state index contributed by atoms with van der Waals surface area (Å²) in [5, 5.41) is 2.03. The Morgan fingerprint density at radius 3 is 1.68 bits per heavy atom. The summed E-state index contributed by atoms with van der Waals surface area (Å²) in [5.74, 6) is 1.90. The van der Waals surface area contributed by atoms with Crippen LogP contribution in [0.5, 0.6) is 0 Å². The summed E-state index contributed by atoms with van der Waals surface area (Å²) in [5.41, 5.74) is 14.0. The Bertz CT molecular complexity index is 2800. The van der Waals surface area contributed by atoms with Crippen LogP contribution in [-0.2, 0) is 6.42 Å². The number of furan rings is 1. The highest BCUT2D eigenvalue weighted by molar-refractivity contribution is 6.12. The lowest BCUT2D eigenvalue weighted by atomic mass is 9.95. The van der Waals surface area contributed by atoms with Crippen molar-refractivity contribution in [3.63, 3.8) is 0 Å². The summed E-state index contributed by atoms with van der Waals surface area (Å²) in [6.45, 7) is 0. The normalized spacial score (nSPS) is 12.3. The molecule has 250 valence electrons. The van der Waals surface area contributed by atoms with Crippen molar-refractivity contribution in [2.45, 2.75) is 12.8 Å². The minimum atomic E-state index is 0.614. The summed E-state index contributed by atoms with van der Waals surface area (Å²) < 4.78 is 6.48. The predicted octanol–water partition coefficient (Wildman–Crippen LogP) is 12.7. The van der Waals surface area contributed by atoms with Crippen molar-refractivity contribution in [3.8, 4) is 67.5 Å². The number of nitrogens with zero attached hydrogens (tertiary/aromatic N) is 3. The number of aromatic nitrogens is 3. The fourth-order valence-electron chi connectivity index (χ4n) is 7.45. The van der Waals surface area contributed by atoms with Gasteiger partial charge in [0.1, 0.15) is 11.2 Å². The van der Waals surface area contributed by atoms with E-state index in [4.69, 9.17) is 19.4 Å². The molecule has 0 saturated heterocycles. The van der Waals surface area contributed by atoms with E-state index in [1.54, 1.807) is 0 Å². The molecule has 9 aromatic rings. The van der Waals surface area contributed by atoms with Gasteiger partial charge in [-0.15, -0.1) is 0 Å². The van der Waals surface area contributed by atoms with Gasteiger partial charge in [-0.2, -0.15) is 0 Å². The second kappa shape index (κ2) is 13.0. The highest BCUT2D eigenvalue weighted by Crippen LogP contribution is 2.38. The van der Waals surface area contributed by atoms with Crippen LogP contribution < -0.4 is 0 Å². The van der Waals surface area contributed by atoms with Gasteiger partial charge in [0.05, 0.1) is 0 Å². The minimum absolute atomic E-state index is 0.614. The van der Waals surface area contributed by atoms with Crippen LogP contribution in [0.1, 0.15) is 17.5 Å². The van der Waals surface area contributed by atoms with E-state index < -0.39 is 0 Å². The molecule has 0 fully saturated rings. The topological polar surface area (TPSA) is 51.8 Å². The maximum Gasteiger partial charge on any atom is 0.164 e. The van der Waals surface area contributed by atoms with Gasteiger partial charge in [0, 0.05) is 27.5 Å². The minimum Gasteiger partial charge on any atom is -0.456 e. The zero-order valence-corrected chi connectivity index (χ0v) is 28.9. The van der Waals surface area contributed by atoms with Gasteiger partial charge in [-0.1, -0.05) is 152 Å². The average Bonchev–Trinajstić information content (AvgIpc) is 3.62. The van der Waals surface area contributed by atoms with Gasteiger partial charge in [0.2, 0.25) is 0 Å². The van der Waals surface area contributed by atoms with Gasteiger partial charge >= 0.3 is 0 Å². The van der Waals surface area contributed by atoms with E-state index in [9.17, 15) is 0 Å². The third-order valence-corrected chi connectivity index (χ3v) is 10.2. The summed E-state index contributed by atoms with van der Waals surface area (Å²) in [7, 11) is 0. The van der Waals surface area contributed by atoms with Crippen LogP contribution >= 0.6 is 0 Å². The highest BCUT2D eigenvalue weighted by Gasteiger charge is 2.19. The molecule has 4 heteroatoms. The van der Waals surface area contributed by atoms with Gasteiger partial charge < -0.3 is 4.42 Å². The maximum atomic E-state index is 6.48. The summed E-state index contributed by atoms with van der Waals surface area (Å²) in [6, 6.07) is 57.2. The Morgan fingerprint density at radius 1 is 0.415 bits per heavy atom. The van der Waals surface area contributed by atoms with Crippen LogP contribution in [0.3, 0.4) is 0 Å². The van der Waals surface area contributed by atoms with Crippen LogP contribution in [0.4, 0.5) is 0 Å². The van der Waals surface area contributed by atoms with Crippen LogP contribution in [0, 0.1) is 0 Å². The molecule has 1 aliphatic rings. The Balaban J connectivity index is 1.08. The number of rotatable bonds is 6. The first kappa shape index (κ1) is 30.9. The number of allylic oxidation sites excluding steroid dienone is 1. The molecule has 7 aromatic carbocycles. The lowest BCUT2D eigenvalue weighted by Crippen LogP contribution is -2.02. The number of aryl methyl sites for hydroxylation is 1. The molecule has 0 atom stereocenters. The second-order valence-corrected chi connectivity index (χ2v) is 13.5. The van der Waals surface area contributed by atoms with Gasteiger partial charge in [-0.25, -0.2) is 15.0 Å². The lowest BCUT2D eigenvalue weighted by Gasteiger charge is -2.13. The predicted molar refractivity (Wildman–Crippen MR) is 217 cm³/mol. The van der Waals surface area contributed by atoms with Crippen molar-refractivity contribution in [2.24, 2.45) is 0 Å². The molecule has 2 aromatic heterocycles. The third-order valence-electron chi connectivity index (χ3n) is 10.2. The van der Waals surface area contributed by atoms with Crippen molar-refractivity contribution < 1.29 is 4.42 Å². The van der Waals surface area contributed by atoms with Crippen LogP contribution in [0.25, 0.3) is 95.6 Å². The Kier molecular flexibility index (Phi) is 7.58. The lowest BCUT2D eigenvalue weighted by molar-refractivity contribution is 0.669. The summed E-state index contributed by atoms with van der Waals surface area (Å²) in [4.78, 5) is 15.4. The fraction of sp³-hybridized carbons (Fsp3) is 0.0408. The van der Waals surface area contributed by atoms with E-state index in [2.05, 4.69) is 152 Å². The number of fused-ring (bicyclic) bond motifs is 4. The second-order valence-electron chi connectivity index (χ2n) is 13.5. The number of benzene rings is 7. The van der Waals surface area contributed by atoms with Crippen molar-refractivity contribution in [1.29, 1.82) is 0 Å². The molecule has 0 radical (unpaired) electrons. The zero-order chi connectivity index (χ0) is 35.1. The molecule has 53 heavy (non-hydrogen) atoms. The number of hydrogen-bond donors (Lipinski definition) is 0. The third kappa shape index (κ3) is 5.81. The molecule has 0 spiro atoms. The molecule has 0 aliphatic heterocycles. The molecule has 0 N–H and O–H groups in total. The first-order chi connectivity index (χ1) is 26.2. The molecule has 0 bridgehead atoms. The van der Waals surface area contributed by atoms with Gasteiger partial charge in [-0.05, 0) is 81.6 Å². The van der Waals surface area contributed by atoms with Crippen LogP contribution in [0.15, 0.2) is 174 Å². The van der Waals surface area contributed by atoms with E-state index in [0.717, 1.165) is 73.7 Å². The van der Waals surface area contributed by atoms with E-state index in [0.29, 0.717) is 17.5 Å². The standard InChI is InChI=1S/C49H33N3O/c1-3-10-32(11-4-1)35-18-20-36(21-19-35)37-22-25-38(26-23-37)47-50-48(41-27-24-34-14-7-8-15-39(34)30-41)52-49(51-47)43-16-9-17-44-46(43)42-29-28-40(31-45(42)53-44)33-12-5-2-6-13-33/h1-7,9-14,16-31H,8,15H2. The van der Waals surface area contributed by atoms with Crippen LogP contribution in [-0.4, -0.2) is 15.0 Å². The quantitative estimate of drug-likeness (QED) is 0.175. The smallest absolute Gasteiger partial charge is 0.164 e. The van der Waals surface area contributed by atoms with Gasteiger partial charge in [0.15, 0.2) is 17.5 Å². The van der Waals surface area contributed by atoms with Crippen molar-refractivity contribution in [3.05, 3.63) is 181 Å². The van der Waals surface area contributed by atoms with E-state index in [1.165, 1.54) is 22.3 Å². The first-order valence-corrected chi connectivity index (χ1v) is 18.1. The molecule has 1 aliphatic carbocycles. The summed E-state index contributed by atoms with van der Waals surface area (Å²) >= 11 is 0. The van der Waals surface area contributed by atoms with Crippen molar-refractivity contribution in [1.82, 2.24) is 15.0 Å². The van der Waals surface area contributed by atoms with Crippen molar-refractivity contribution in [2.75, 3.05) is 0 Å². The molecule has 0 unspecified atom stereocenters. The van der Waals surface area contributed by atoms with Crippen LogP contribution in [0.2, 0.25) is 0 Å². The van der Waals surface area contributed by atoms with E-state index in [1.807, 2.05) is 24.3 Å².